The Morgan fingerprint density at radius 1 is 1.08 bits per heavy atom. The lowest BCUT2D eigenvalue weighted by Crippen LogP contribution is -2.40. The zero-order valence-electron chi connectivity index (χ0n) is 13.4. The van der Waals surface area contributed by atoms with E-state index >= 15 is 0 Å². The molecule has 3 rings (SSSR count). The van der Waals surface area contributed by atoms with Gasteiger partial charge in [0, 0.05) is 16.6 Å². The summed E-state index contributed by atoms with van der Waals surface area (Å²) in [6, 6.07) is 8.81. The summed E-state index contributed by atoms with van der Waals surface area (Å²) in [6.45, 7) is 2.34. The van der Waals surface area contributed by atoms with Crippen molar-refractivity contribution >= 4 is 33.3 Å². The summed E-state index contributed by atoms with van der Waals surface area (Å²) in [6.07, 6.45) is 0. The van der Waals surface area contributed by atoms with Crippen molar-refractivity contribution in [2.24, 2.45) is 0 Å². The molecule has 1 aliphatic heterocycles. The van der Waals surface area contributed by atoms with E-state index in [1.54, 1.807) is 23.1 Å². The molecule has 0 aromatic heterocycles. The molecule has 25 heavy (non-hydrogen) atoms. The maximum absolute atomic E-state index is 13.9. The van der Waals surface area contributed by atoms with E-state index in [1.807, 2.05) is 6.92 Å². The number of amides is 1. The second kappa shape index (κ2) is 7.01. The van der Waals surface area contributed by atoms with Crippen LogP contribution in [0.2, 0.25) is 0 Å². The van der Waals surface area contributed by atoms with Gasteiger partial charge in [-0.3, -0.25) is 19.4 Å². The minimum Gasteiger partial charge on any atom is -0.291 e. The summed E-state index contributed by atoms with van der Waals surface area (Å²) in [7, 11) is 0. The Kier molecular flexibility index (Phi) is 4.96. The fourth-order valence-electron chi connectivity index (χ4n) is 2.81. The minimum atomic E-state index is -0.644. The second-order valence-electron chi connectivity index (χ2n) is 5.68. The van der Waals surface area contributed by atoms with Gasteiger partial charge in [0.2, 0.25) is 0 Å². The highest BCUT2D eigenvalue weighted by Gasteiger charge is 2.37. The van der Waals surface area contributed by atoms with Crippen LogP contribution in [0.15, 0.2) is 40.9 Å². The van der Waals surface area contributed by atoms with E-state index in [1.165, 1.54) is 23.1 Å². The molecule has 0 unspecified atom stereocenters. The van der Waals surface area contributed by atoms with Crippen molar-refractivity contribution in [3.8, 4) is 0 Å². The van der Waals surface area contributed by atoms with Gasteiger partial charge >= 0.3 is 5.91 Å². The number of nitrogens with zero attached hydrogens (tertiary/aromatic N) is 2. The van der Waals surface area contributed by atoms with Crippen molar-refractivity contribution in [1.82, 2.24) is 4.90 Å². The van der Waals surface area contributed by atoms with Crippen LogP contribution < -0.4 is 4.90 Å². The van der Waals surface area contributed by atoms with Crippen LogP contribution in [-0.2, 0) is 11.3 Å². The van der Waals surface area contributed by atoms with E-state index in [0.717, 1.165) is 0 Å². The number of Topliss-reactive ketones (excluding diaryl/α,β-unsaturated/α-hetero) is 1. The third-order valence-electron chi connectivity index (χ3n) is 4.18. The summed E-state index contributed by atoms with van der Waals surface area (Å²) in [5.41, 5.74) is 0.759. The van der Waals surface area contributed by atoms with Crippen LogP contribution in [0.25, 0.3) is 0 Å². The molecule has 4 nitrogen and oxygen atoms in total. The molecule has 0 radical (unpaired) electrons. The van der Waals surface area contributed by atoms with Gasteiger partial charge in [-0.1, -0.05) is 19.1 Å². The minimum absolute atomic E-state index is 0.00366. The van der Waals surface area contributed by atoms with Gasteiger partial charge in [-0.05, 0) is 46.7 Å². The summed E-state index contributed by atoms with van der Waals surface area (Å²) in [5, 5.41) is 0. The summed E-state index contributed by atoms with van der Waals surface area (Å²) in [4.78, 5) is 27.6. The van der Waals surface area contributed by atoms with Crippen LogP contribution in [0.4, 0.5) is 14.5 Å². The molecule has 0 saturated heterocycles. The van der Waals surface area contributed by atoms with Gasteiger partial charge in [-0.2, -0.15) is 0 Å². The molecule has 0 saturated carbocycles. The smallest absolute Gasteiger partial charge is 0.291 e. The number of halogens is 3. The predicted octanol–water partition coefficient (Wildman–Crippen LogP) is 3.74. The molecule has 0 fully saturated rings. The lowest BCUT2D eigenvalue weighted by Gasteiger charge is -2.27. The quantitative estimate of drug-likeness (QED) is 0.707. The maximum Gasteiger partial charge on any atom is 0.300 e. The predicted molar refractivity (Wildman–Crippen MR) is 93.3 cm³/mol. The zero-order valence-corrected chi connectivity index (χ0v) is 15.0. The number of fused-ring (bicyclic) bond motifs is 1. The molecule has 0 aliphatic carbocycles. The molecule has 0 atom stereocenters. The number of anilines is 1. The number of rotatable bonds is 5. The van der Waals surface area contributed by atoms with Crippen molar-refractivity contribution in [3.05, 3.63) is 63.6 Å². The van der Waals surface area contributed by atoms with E-state index in [2.05, 4.69) is 15.9 Å². The first kappa shape index (κ1) is 17.7. The van der Waals surface area contributed by atoms with Crippen LogP contribution in [0.1, 0.15) is 22.8 Å². The molecular formula is C18H15BrF2N2O2. The molecule has 0 bridgehead atoms. The number of carbonyl (C=O) groups excluding carboxylic acids is 2. The summed E-state index contributed by atoms with van der Waals surface area (Å²) < 4.78 is 28.3. The van der Waals surface area contributed by atoms with Crippen LogP contribution in [0.5, 0.6) is 0 Å². The fourth-order valence-corrected chi connectivity index (χ4v) is 3.35. The molecular weight excluding hydrogens is 394 g/mol. The van der Waals surface area contributed by atoms with E-state index in [0.29, 0.717) is 22.3 Å². The largest absolute Gasteiger partial charge is 0.300 e. The molecule has 1 heterocycles. The fraction of sp³-hybridized carbons (Fsp3) is 0.222. The van der Waals surface area contributed by atoms with E-state index in [-0.39, 0.29) is 18.8 Å². The Hall–Kier alpha value is -2.12. The first-order valence-electron chi connectivity index (χ1n) is 7.74. The van der Waals surface area contributed by atoms with Crippen molar-refractivity contribution in [2.75, 3.05) is 18.1 Å². The van der Waals surface area contributed by atoms with Gasteiger partial charge in [0.05, 0.1) is 17.9 Å². The SMILES string of the molecule is CCN(Cc1c(F)cccc1F)CN1C(=O)C(=O)c2c(Br)cccc21. The van der Waals surface area contributed by atoms with Gasteiger partial charge in [0.25, 0.3) is 5.78 Å². The summed E-state index contributed by atoms with van der Waals surface area (Å²) in [5.74, 6) is -2.50. The molecule has 2 aromatic rings. The molecule has 1 aliphatic rings. The number of carbonyl (C=O) groups is 2. The monoisotopic (exact) mass is 408 g/mol. The van der Waals surface area contributed by atoms with E-state index < -0.39 is 23.3 Å². The van der Waals surface area contributed by atoms with Crippen molar-refractivity contribution in [3.63, 3.8) is 0 Å². The number of hydrogen-bond donors (Lipinski definition) is 0. The average molecular weight is 409 g/mol. The number of benzene rings is 2. The number of ketones is 1. The van der Waals surface area contributed by atoms with E-state index in [9.17, 15) is 18.4 Å². The van der Waals surface area contributed by atoms with Crippen molar-refractivity contribution in [1.29, 1.82) is 0 Å². The molecule has 0 N–H and O–H groups in total. The Balaban J connectivity index is 1.87. The normalized spacial score (nSPS) is 13.7. The van der Waals surface area contributed by atoms with E-state index in [4.69, 9.17) is 0 Å². The van der Waals surface area contributed by atoms with Crippen molar-refractivity contribution < 1.29 is 18.4 Å². The Labute approximate surface area is 152 Å². The third-order valence-corrected chi connectivity index (χ3v) is 4.84. The zero-order chi connectivity index (χ0) is 18.1. The molecule has 0 spiro atoms. The highest BCUT2D eigenvalue weighted by Crippen LogP contribution is 2.34. The Bertz CT molecular complexity index is 837. The molecule has 1 amide bonds. The van der Waals surface area contributed by atoms with Gasteiger partial charge in [0.15, 0.2) is 0 Å². The van der Waals surface area contributed by atoms with Crippen LogP contribution >= 0.6 is 15.9 Å². The Morgan fingerprint density at radius 3 is 2.36 bits per heavy atom. The standard InChI is InChI=1S/C18H15BrF2N2O2/c1-2-22(9-11-13(20)6-4-7-14(11)21)10-23-15-8-3-5-12(19)16(15)17(24)18(23)25/h3-8H,2,9-10H2,1H3. The third kappa shape index (κ3) is 3.21. The van der Waals surface area contributed by atoms with Crippen molar-refractivity contribution in [2.45, 2.75) is 13.5 Å². The van der Waals surface area contributed by atoms with Crippen LogP contribution in [0.3, 0.4) is 0 Å². The van der Waals surface area contributed by atoms with Gasteiger partial charge in [-0.25, -0.2) is 8.78 Å². The average Bonchev–Trinajstić information content (AvgIpc) is 2.83. The lowest BCUT2D eigenvalue weighted by atomic mass is 10.1. The highest BCUT2D eigenvalue weighted by molar-refractivity contribution is 9.10. The summed E-state index contributed by atoms with van der Waals surface area (Å²) >= 11 is 3.29. The Morgan fingerprint density at radius 2 is 1.72 bits per heavy atom. The van der Waals surface area contributed by atoms with Gasteiger partial charge in [0.1, 0.15) is 11.6 Å². The van der Waals surface area contributed by atoms with Crippen LogP contribution in [-0.4, -0.2) is 29.8 Å². The second-order valence-corrected chi connectivity index (χ2v) is 6.54. The first-order valence-corrected chi connectivity index (χ1v) is 8.53. The maximum atomic E-state index is 13.9. The van der Waals surface area contributed by atoms with Gasteiger partial charge in [-0.15, -0.1) is 0 Å². The lowest BCUT2D eigenvalue weighted by molar-refractivity contribution is -0.114. The van der Waals surface area contributed by atoms with Gasteiger partial charge < -0.3 is 0 Å². The molecule has 7 heteroatoms. The van der Waals surface area contributed by atoms with Crippen LogP contribution in [0, 0.1) is 11.6 Å². The first-order chi connectivity index (χ1) is 11.9. The molecule has 130 valence electrons. The molecule has 2 aromatic carbocycles. The number of hydrogen-bond acceptors (Lipinski definition) is 3. The topological polar surface area (TPSA) is 40.6 Å². The highest BCUT2D eigenvalue weighted by atomic mass is 79.9.